The largest absolute Gasteiger partial charge is 0.389 e. The first-order valence-electron chi connectivity index (χ1n) is 7.08. The van der Waals surface area contributed by atoms with Crippen LogP contribution in [0.3, 0.4) is 0 Å². The van der Waals surface area contributed by atoms with Gasteiger partial charge in [-0.15, -0.1) is 0 Å². The summed E-state index contributed by atoms with van der Waals surface area (Å²) in [6, 6.07) is 5.29. The van der Waals surface area contributed by atoms with Gasteiger partial charge in [0.1, 0.15) is 0 Å². The van der Waals surface area contributed by atoms with Crippen LogP contribution >= 0.6 is 23.2 Å². The first-order chi connectivity index (χ1) is 9.63. The van der Waals surface area contributed by atoms with Gasteiger partial charge in [0, 0.05) is 18.8 Å². The standard InChI is InChI=1S/C15H23Cl2NO2/c1-2-3-4-5-8-20-11-13(19)10-18-12-6-7-14(16)15(17)9-12/h6-7,9,13,18-19H,2-5,8,10-11H2,1H3. The highest BCUT2D eigenvalue weighted by atomic mass is 35.5. The van der Waals surface area contributed by atoms with Crippen molar-refractivity contribution in [2.24, 2.45) is 0 Å². The van der Waals surface area contributed by atoms with Crippen LogP contribution in [0.5, 0.6) is 0 Å². The highest BCUT2D eigenvalue weighted by Crippen LogP contribution is 2.24. The summed E-state index contributed by atoms with van der Waals surface area (Å²) in [5, 5.41) is 13.9. The molecule has 0 aliphatic rings. The molecule has 114 valence electrons. The third-order valence-electron chi connectivity index (χ3n) is 2.91. The molecule has 3 nitrogen and oxygen atoms in total. The Hall–Kier alpha value is -0.480. The second kappa shape index (κ2) is 10.3. The van der Waals surface area contributed by atoms with E-state index in [9.17, 15) is 5.11 Å². The van der Waals surface area contributed by atoms with E-state index in [1.807, 2.05) is 6.07 Å². The molecule has 1 atom stereocenters. The van der Waals surface area contributed by atoms with Crippen LogP contribution in [0.4, 0.5) is 5.69 Å². The van der Waals surface area contributed by atoms with Gasteiger partial charge in [-0.25, -0.2) is 0 Å². The van der Waals surface area contributed by atoms with Crippen molar-refractivity contribution in [1.29, 1.82) is 0 Å². The molecule has 0 aromatic heterocycles. The topological polar surface area (TPSA) is 41.5 Å². The lowest BCUT2D eigenvalue weighted by Crippen LogP contribution is -2.25. The van der Waals surface area contributed by atoms with Gasteiger partial charge in [0.15, 0.2) is 0 Å². The molecule has 0 spiro atoms. The van der Waals surface area contributed by atoms with E-state index in [4.69, 9.17) is 27.9 Å². The van der Waals surface area contributed by atoms with E-state index in [0.717, 1.165) is 12.1 Å². The van der Waals surface area contributed by atoms with Crippen LogP contribution < -0.4 is 5.32 Å². The zero-order valence-electron chi connectivity index (χ0n) is 11.9. The SMILES string of the molecule is CCCCCCOCC(O)CNc1ccc(Cl)c(Cl)c1. The van der Waals surface area contributed by atoms with Crippen LogP contribution in [0.25, 0.3) is 0 Å². The Bertz CT molecular complexity index is 388. The maximum Gasteiger partial charge on any atom is 0.0945 e. The van der Waals surface area contributed by atoms with Crippen molar-refractivity contribution in [3.63, 3.8) is 0 Å². The first kappa shape index (κ1) is 17.6. The van der Waals surface area contributed by atoms with Gasteiger partial charge in [-0.05, 0) is 24.6 Å². The number of halogens is 2. The smallest absolute Gasteiger partial charge is 0.0945 e. The van der Waals surface area contributed by atoms with E-state index >= 15 is 0 Å². The molecule has 0 aliphatic carbocycles. The zero-order valence-corrected chi connectivity index (χ0v) is 13.4. The van der Waals surface area contributed by atoms with E-state index in [2.05, 4.69) is 12.2 Å². The lowest BCUT2D eigenvalue weighted by atomic mass is 10.2. The van der Waals surface area contributed by atoms with Gasteiger partial charge < -0.3 is 15.2 Å². The van der Waals surface area contributed by atoms with Crippen molar-refractivity contribution in [2.75, 3.05) is 25.1 Å². The van der Waals surface area contributed by atoms with Crippen LogP contribution in [0.1, 0.15) is 32.6 Å². The molecule has 5 heteroatoms. The van der Waals surface area contributed by atoms with Crippen molar-refractivity contribution in [3.05, 3.63) is 28.2 Å². The van der Waals surface area contributed by atoms with Crippen molar-refractivity contribution >= 4 is 28.9 Å². The Morgan fingerprint density at radius 1 is 1.20 bits per heavy atom. The van der Waals surface area contributed by atoms with Crippen LogP contribution in [0.15, 0.2) is 18.2 Å². The second-order valence-electron chi connectivity index (χ2n) is 4.80. The summed E-state index contributed by atoms with van der Waals surface area (Å²) >= 11 is 11.7. The second-order valence-corrected chi connectivity index (χ2v) is 5.61. The summed E-state index contributed by atoms with van der Waals surface area (Å²) in [6.07, 6.45) is 4.17. The molecule has 0 bridgehead atoms. The number of hydrogen-bond donors (Lipinski definition) is 2. The normalized spacial score (nSPS) is 12.4. The van der Waals surface area contributed by atoms with Crippen molar-refractivity contribution < 1.29 is 9.84 Å². The summed E-state index contributed by atoms with van der Waals surface area (Å²) in [6.45, 7) is 3.66. The lowest BCUT2D eigenvalue weighted by molar-refractivity contribution is 0.0417. The highest BCUT2D eigenvalue weighted by molar-refractivity contribution is 6.42. The lowest BCUT2D eigenvalue weighted by Gasteiger charge is -2.13. The summed E-state index contributed by atoms with van der Waals surface area (Å²) in [7, 11) is 0. The number of rotatable bonds is 10. The van der Waals surface area contributed by atoms with Gasteiger partial charge in [-0.3, -0.25) is 0 Å². The van der Waals surface area contributed by atoms with Crippen molar-refractivity contribution in [2.45, 2.75) is 38.7 Å². The Morgan fingerprint density at radius 3 is 2.70 bits per heavy atom. The molecule has 0 radical (unpaired) electrons. The number of aliphatic hydroxyl groups excluding tert-OH is 1. The molecule has 0 heterocycles. The molecular formula is C15H23Cl2NO2. The number of anilines is 1. The summed E-state index contributed by atoms with van der Waals surface area (Å²) in [5.74, 6) is 0. The van der Waals surface area contributed by atoms with Gasteiger partial charge in [-0.1, -0.05) is 49.4 Å². The third kappa shape index (κ3) is 7.34. The number of unbranched alkanes of at least 4 members (excludes halogenated alkanes) is 3. The van der Waals surface area contributed by atoms with E-state index < -0.39 is 6.10 Å². The van der Waals surface area contributed by atoms with Crippen molar-refractivity contribution in [3.8, 4) is 0 Å². The predicted molar refractivity (Wildman–Crippen MR) is 85.9 cm³/mol. The molecule has 1 unspecified atom stereocenters. The minimum atomic E-state index is -0.532. The molecule has 0 saturated heterocycles. The average molecular weight is 320 g/mol. The molecule has 1 aromatic carbocycles. The monoisotopic (exact) mass is 319 g/mol. The number of aliphatic hydroxyl groups is 1. The van der Waals surface area contributed by atoms with E-state index in [1.165, 1.54) is 19.3 Å². The number of hydrogen-bond acceptors (Lipinski definition) is 3. The number of nitrogens with one attached hydrogen (secondary N) is 1. The maximum atomic E-state index is 9.79. The van der Waals surface area contributed by atoms with Crippen molar-refractivity contribution in [1.82, 2.24) is 0 Å². The minimum Gasteiger partial charge on any atom is -0.389 e. The Kier molecular flexibility index (Phi) is 9.03. The fourth-order valence-corrected chi connectivity index (χ4v) is 2.05. The van der Waals surface area contributed by atoms with Gasteiger partial charge in [-0.2, -0.15) is 0 Å². The Balaban J connectivity index is 2.13. The molecule has 20 heavy (non-hydrogen) atoms. The minimum absolute atomic E-state index is 0.348. The fraction of sp³-hybridized carbons (Fsp3) is 0.600. The molecule has 1 aromatic rings. The molecule has 0 aliphatic heterocycles. The van der Waals surface area contributed by atoms with Crippen LogP contribution in [-0.4, -0.2) is 31.0 Å². The molecule has 0 amide bonds. The van der Waals surface area contributed by atoms with E-state index in [1.54, 1.807) is 12.1 Å². The highest BCUT2D eigenvalue weighted by Gasteiger charge is 2.05. The fourth-order valence-electron chi connectivity index (χ4n) is 1.75. The molecule has 0 fully saturated rings. The van der Waals surface area contributed by atoms with Crippen LogP contribution in [0, 0.1) is 0 Å². The van der Waals surface area contributed by atoms with Gasteiger partial charge in [0.05, 0.1) is 22.8 Å². The summed E-state index contributed by atoms with van der Waals surface area (Å²) in [5.41, 5.74) is 0.835. The van der Waals surface area contributed by atoms with Crippen LogP contribution in [-0.2, 0) is 4.74 Å². The van der Waals surface area contributed by atoms with Crippen LogP contribution in [0.2, 0.25) is 10.0 Å². The summed E-state index contributed by atoms with van der Waals surface area (Å²) in [4.78, 5) is 0. The van der Waals surface area contributed by atoms with E-state index in [0.29, 0.717) is 29.8 Å². The average Bonchev–Trinajstić information content (AvgIpc) is 2.44. The zero-order chi connectivity index (χ0) is 14.8. The quantitative estimate of drug-likeness (QED) is 0.629. The van der Waals surface area contributed by atoms with Gasteiger partial charge >= 0.3 is 0 Å². The maximum absolute atomic E-state index is 9.79. The predicted octanol–water partition coefficient (Wildman–Crippen LogP) is 4.36. The molecule has 1 rings (SSSR count). The first-order valence-corrected chi connectivity index (χ1v) is 7.83. The van der Waals surface area contributed by atoms with E-state index in [-0.39, 0.29) is 0 Å². The number of ether oxygens (including phenoxy) is 1. The Labute approximate surface area is 131 Å². The Morgan fingerprint density at radius 2 is 2.00 bits per heavy atom. The summed E-state index contributed by atoms with van der Waals surface area (Å²) < 4.78 is 5.44. The molecular weight excluding hydrogens is 297 g/mol. The van der Waals surface area contributed by atoms with Gasteiger partial charge in [0.25, 0.3) is 0 Å². The molecule has 2 N–H and O–H groups in total. The molecule has 0 saturated carbocycles. The third-order valence-corrected chi connectivity index (χ3v) is 3.65. The van der Waals surface area contributed by atoms with Gasteiger partial charge in [0.2, 0.25) is 0 Å². The number of benzene rings is 1.